The zero-order chi connectivity index (χ0) is 25.4. The third-order valence-electron chi connectivity index (χ3n) is 5.73. The fourth-order valence-corrected chi connectivity index (χ4v) is 6.20. The van der Waals surface area contributed by atoms with Crippen molar-refractivity contribution in [3.05, 3.63) is 89.4 Å². The highest BCUT2D eigenvalue weighted by molar-refractivity contribution is 9.10. The number of aromatic nitrogens is 2. The van der Waals surface area contributed by atoms with Crippen molar-refractivity contribution in [2.45, 2.75) is 42.8 Å². The second-order valence-electron chi connectivity index (χ2n) is 8.38. The lowest BCUT2D eigenvalue weighted by Gasteiger charge is -2.13. The number of benzene rings is 3. The Balaban J connectivity index is 1.52. The fraction of sp³-hybridized carbons (Fsp3) is 0.250. The number of sulfonamides is 1. The maximum atomic E-state index is 12.6. The van der Waals surface area contributed by atoms with Crippen molar-refractivity contribution in [3.63, 3.8) is 0 Å². The van der Waals surface area contributed by atoms with Gasteiger partial charge in [0.15, 0.2) is 5.16 Å². The molecule has 36 heavy (non-hydrogen) atoms. The molecule has 0 bridgehead atoms. The summed E-state index contributed by atoms with van der Waals surface area (Å²) in [4.78, 5) is 5.37. The normalized spacial score (nSPS) is 11.6. The lowest BCUT2D eigenvalue weighted by atomic mass is 10.0. The van der Waals surface area contributed by atoms with Gasteiger partial charge in [0.25, 0.3) is 0 Å². The Morgan fingerprint density at radius 1 is 0.889 bits per heavy atom. The van der Waals surface area contributed by atoms with Gasteiger partial charge < -0.3 is 4.57 Å². The molecule has 188 valence electrons. The summed E-state index contributed by atoms with van der Waals surface area (Å²) in [5.41, 5.74) is 4.36. The Bertz CT molecular complexity index is 1360. The predicted octanol–water partition coefficient (Wildman–Crippen LogP) is 7.24. The second kappa shape index (κ2) is 12.7. The molecule has 0 unspecified atom stereocenters. The van der Waals surface area contributed by atoms with Crippen LogP contribution in [0.1, 0.15) is 26.2 Å². The van der Waals surface area contributed by atoms with Crippen molar-refractivity contribution in [1.82, 2.24) is 14.3 Å². The zero-order valence-corrected chi connectivity index (χ0v) is 23.4. The number of hydrogen-bond donors (Lipinski definition) is 1. The van der Waals surface area contributed by atoms with Crippen molar-refractivity contribution in [3.8, 4) is 22.5 Å². The first-order valence-corrected chi connectivity index (χ1v) is 15.3. The van der Waals surface area contributed by atoms with Gasteiger partial charge in [0.05, 0.1) is 16.3 Å². The smallest absolute Gasteiger partial charge is 0.240 e. The van der Waals surface area contributed by atoms with Crippen LogP contribution in [-0.4, -0.2) is 30.3 Å². The van der Waals surface area contributed by atoms with Crippen LogP contribution >= 0.6 is 27.7 Å². The van der Waals surface area contributed by atoms with Gasteiger partial charge in [-0.2, -0.15) is 0 Å². The van der Waals surface area contributed by atoms with Crippen LogP contribution in [0, 0.1) is 0 Å². The molecule has 4 aromatic rings. The van der Waals surface area contributed by atoms with Crippen LogP contribution in [-0.2, 0) is 16.6 Å². The van der Waals surface area contributed by atoms with Gasteiger partial charge in [0.2, 0.25) is 10.0 Å². The molecule has 8 heteroatoms. The third-order valence-corrected chi connectivity index (χ3v) is 8.80. The van der Waals surface area contributed by atoms with E-state index in [1.54, 1.807) is 36.0 Å². The Hall–Kier alpha value is -2.39. The highest BCUT2D eigenvalue weighted by Gasteiger charge is 2.20. The number of hydrogen-bond acceptors (Lipinski definition) is 4. The molecule has 1 aromatic heterocycles. The van der Waals surface area contributed by atoms with Gasteiger partial charge in [0.1, 0.15) is 0 Å². The summed E-state index contributed by atoms with van der Waals surface area (Å²) in [6.07, 6.45) is 2.85. The minimum absolute atomic E-state index is 0.272. The SMILES string of the molecule is CCCCn1c(SCCCNS(=O)(=O)c2ccc(Br)cc2)nc(-c2ccccc2)c1-c1ccccc1. The summed E-state index contributed by atoms with van der Waals surface area (Å²) in [6, 6.07) is 27.4. The van der Waals surface area contributed by atoms with Crippen molar-refractivity contribution >= 4 is 37.7 Å². The average molecular weight is 585 g/mol. The molecule has 0 saturated heterocycles. The standard InChI is InChI=1S/C28H30BrN3O2S2/c1-2-3-20-32-27(23-13-8-5-9-14-23)26(22-11-6-4-7-12-22)31-28(32)35-21-10-19-30-36(33,34)25-17-15-24(29)16-18-25/h4-9,11-18,30H,2-3,10,19-21H2,1H3. The van der Waals surface area contributed by atoms with Crippen LogP contribution < -0.4 is 4.72 Å². The van der Waals surface area contributed by atoms with E-state index < -0.39 is 10.0 Å². The zero-order valence-electron chi connectivity index (χ0n) is 20.2. The van der Waals surface area contributed by atoms with E-state index in [-0.39, 0.29) is 4.90 Å². The summed E-state index contributed by atoms with van der Waals surface area (Å²) in [5.74, 6) is 0.758. The van der Waals surface area contributed by atoms with Crippen molar-refractivity contribution in [2.24, 2.45) is 0 Å². The summed E-state index contributed by atoms with van der Waals surface area (Å²) in [6.45, 7) is 3.46. The molecule has 0 saturated carbocycles. The molecule has 1 heterocycles. The topological polar surface area (TPSA) is 64.0 Å². The van der Waals surface area contributed by atoms with E-state index in [1.165, 1.54) is 0 Å². The number of rotatable bonds is 12. The molecule has 0 spiro atoms. The summed E-state index contributed by atoms with van der Waals surface area (Å²) in [5, 5.41) is 0.969. The monoisotopic (exact) mass is 583 g/mol. The molecule has 1 N–H and O–H groups in total. The van der Waals surface area contributed by atoms with Crippen LogP contribution in [0.25, 0.3) is 22.5 Å². The van der Waals surface area contributed by atoms with Crippen LogP contribution in [0.5, 0.6) is 0 Å². The van der Waals surface area contributed by atoms with Crippen LogP contribution in [0.2, 0.25) is 0 Å². The maximum absolute atomic E-state index is 12.6. The van der Waals surface area contributed by atoms with E-state index in [4.69, 9.17) is 4.98 Å². The summed E-state index contributed by atoms with van der Waals surface area (Å²) < 4.78 is 31.0. The van der Waals surface area contributed by atoms with E-state index in [0.29, 0.717) is 13.0 Å². The van der Waals surface area contributed by atoms with Crippen molar-refractivity contribution < 1.29 is 8.42 Å². The Morgan fingerprint density at radius 3 is 2.17 bits per heavy atom. The molecule has 0 aliphatic heterocycles. The van der Waals surface area contributed by atoms with E-state index >= 15 is 0 Å². The van der Waals surface area contributed by atoms with Crippen molar-refractivity contribution in [2.75, 3.05) is 12.3 Å². The van der Waals surface area contributed by atoms with E-state index in [9.17, 15) is 8.42 Å². The van der Waals surface area contributed by atoms with Gasteiger partial charge >= 0.3 is 0 Å². The first-order valence-electron chi connectivity index (χ1n) is 12.1. The molecule has 4 rings (SSSR count). The molecule has 5 nitrogen and oxygen atoms in total. The molecule has 0 radical (unpaired) electrons. The largest absolute Gasteiger partial charge is 0.318 e. The molecular formula is C28H30BrN3O2S2. The Morgan fingerprint density at radius 2 is 1.53 bits per heavy atom. The number of thioether (sulfide) groups is 1. The van der Waals surface area contributed by atoms with Crippen LogP contribution in [0.3, 0.4) is 0 Å². The van der Waals surface area contributed by atoms with Gasteiger partial charge in [-0.05, 0) is 37.1 Å². The number of nitrogens with one attached hydrogen (secondary N) is 1. The van der Waals surface area contributed by atoms with Gasteiger partial charge in [0, 0.05) is 34.4 Å². The lowest BCUT2D eigenvalue weighted by Crippen LogP contribution is -2.25. The summed E-state index contributed by atoms with van der Waals surface area (Å²) >= 11 is 5.02. The number of halogens is 1. The maximum Gasteiger partial charge on any atom is 0.240 e. The van der Waals surface area contributed by atoms with E-state index in [1.807, 2.05) is 24.3 Å². The predicted molar refractivity (Wildman–Crippen MR) is 153 cm³/mol. The third kappa shape index (κ3) is 6.68. The van der Waals surface area contributed by atoms with Gasteiger partial charge in [-0.15, -0.1) is 0 Å². The lowest BCUT2D eigenvalue weighted by molar-refractivity contribution is 0.580. The number of imidazole rings is 1. The highest BCUT2D eigenvalue weighted by Crippen LogP contribution is 2.36. The quantitative estimate of drug-likeness (QED) is 0.141. The molecule has 0 atom stereocenters. The first kappa shape index (κ1) is 26.7. The molecule has 3 aromatic carbocycles. The summed E-state index contributed by atoms with van der Waals surface area (Å²) in [7, 11) is -3.52. The highest BCUT2D eigenvalue weighted by atomic mass is 79.9. The molecule has 0 aliphatic carbocycles. The number of nitrogens with zero attached hydrogens (tertiary/aromatic N) is 2. The Kier molecular flexibility index (Phi) is 9.42. The van der Waals surface area contributed by atoms with E-state index in [0.717, 1.165) is 57.3 Å². The molecular weight excluding hydrogens is 554 g/mol. The second-order valence-corrected chi connectivity index (χ2v) is 12.1. The molecule has 0 aliphatic rings. The molecule has 0 fully saturated rings. The minimum Gasteiger partial charge on any atom is -0.318 e. The van der Waals surface area contributed by atoms with Gasteiger partial charge in [-0.3, -0.25) is 0 Å². The molecule has 0 amide bonds. The van der Waals surface area contributed by atoms with Crippen LogP contribution in [0.15, 0.2) is 99.5 Å². The average Bonchev–Trinajstić information content (AvgIpc) is 3.26. The van der Waals surface area contributed by atoms with E-state index in [2.05, 4.69) is 68.5 Å². The fourth-order valence-electron chi connectivity index (χ4n) is 3.89. The Labute approximate surface area is 226 Å². The van der Waals surface area contributed by atoms with Crippen LogP contribution in [0.4, 0.5) is 0 Å². The first-order chi connectivity index (χ1) is 17.5. The van der Waals surface area contributed by atoms with Gasteiger partial charge in [-0.1, -0.05) is 102 Å². The number of unbranched alkanes of at least 4 members (excludes halogenated alkanes) is 1. The van der Waals surface area contributed by atoms with Gasteiger partial charge in [-0.25, -0.2) is 18.1 Å². The minimum atomic E-state index is -3.52. The van der Waals surface area contributed by atoms with Crippen molar-refractivity contribution in [1.29, 1.82) is 0 Å².